The van der Waals surface area contributed by atoms with Gasteiger partial charge in [0.05, 0.1) is 24.9 Å². The molecule has 0 aromatic carbocycles. The molecular formula is C7H9ClN2O3S2. The third-order valence-electron chi connectivity index (χ3n) is 1.93. The number of aromatic nitrogens is 1. The summed E-state index contributed by atoms with van der Waals surface area (Å²) in [5, 5.41) is 0. The molecule has 15 heavy (non-hydrogen) atoms. The molecule has 0 aliphatic carbocycles. The van der Waals surface area contributed by atoms with Crippen LogP contribution in [0.2, 0.25) is 4.47 Å². The van der Waals surface area contributed by atoms with E-state index < -0.39 is 10.0 Å². The molecule has 8 heteroatoms. The molecule has 0 bridgehead atoms. The van der Waals surface area contributed by atoms with Gasteiger partial charge in [-0.3, -0.25) is 0 Å². The van der Waals surface area contributed by atoms with Crippen molar-refractivity contribution in [1.82, 2.24) is 9.71 Å². The first kappa shape index (κ1) is 11.3. The summed E-state index contributed by atoms with van der Waals surface area (Å²) in [5.41, 5.74) is 0.428. The van der Waals surface area contributed by atoms with Gasteiger partial charge in [-0.1, -0.05) is 22.9 Å². The highest BCUT2D eigenvalue weighted by Crippen LogP contribution is 2.26. The molecule has 0 atom stereocenters. The molecule has 0 spiro atoms. The van der Waals surface area contributed by atoms with E-state index in [1.165, 1.54) is 0 Å². The molecular weight excluding hydrogens is 260 g/mol. The van der Waals surface area contributed by atoms with Crippen LogP contribution in [-0.4, -0.2) is 32.7 Å². The highest BCUT2D eigenvalue weighted by molar-refractivity contribution is 7.91. The number of hydrogen-bond donors (Lipinski definition) is 1. The van der Waals surface area contributed by atoms with Crippen LogP contribution in [0.4, 0.5) is 0 Å². The quantitative estimate of drug-likeness (QED) is 0.880. The molecule has 84 valence electrons. The SMILES string of the molecule is Cc1nc(Cl)sc1S(=O)(=O)NC1COC1. The first-order valence-electron chi connectivity index (χ1n) is 4.22. The normalized spacial score (nSPS) is 17.7. The lowest BCUT2D eigenvalue weighted by molar-refractivity contribution is 0.00484. The topological polar surface area (TPSA) is 68.3 Å². The minimum Gasteiger partial charge on any atom is -0.378 e. The van der Waals surface area contributed by atoms with Crippen LogP contribution in [0.25, 0.3) is 0 Å². The number of nitrogens with zero attached hydrogens (tertiary/aromatic N) is 1. The number of sulfonamides is 1. The molecule has 1 N–H and O–H groups in total. The summed E-state index contributed by atoms with van der Waals surface area (Å²) in [6.07, 6.45) is 0. The van der Waals surface area contributed by atoms with E-state index in [-0.39, 0.29) is 14.7 Å². The van der Waals surface area contributed by atoms with Gasteiger partial charge < -0.3 is 4.74 Å². The van der Waals surface area contributed by atoms with Crippen molar-refractivity contribution in [3.05, 3.63) is 10.2 Å². The van der Waals surface area contributed by atoms with Gasteiger partial charge in [-0.05, 0) is 6.92 Å². The Morgan fingerprint density at radius 1 is 1.60 bits per heavy atom. The first-order chi connectivity index (χ1) is 6.99. The number of hydrogen-bond acceptors (Lipinski definition) is 5. The van der Waals surface area contributed by atoms with E-state index in [0.29, 0.717) is 18.9 Å². The monoisotopic (exact) mass is 268 g/mol. The van der Waals surface area contributed by atoms with E-state index in [1.54, 1.807) is 6.92 Å². The number of nitrogens with one attached hydrogen (secondary N) is 1. The van der Waals surface area contributed by atoms with Crippen molar-refractivity contribution in [1.29, 1.82) is 0 Å². The number of thiazole rings is 1. The van der Waals surface area contributed by atoms with Crippen molar-refractivity contribution in [3.8, 4) is 0 Å². The third-order valence-corrected chi connectivity index (χ3v) is 5.32. The van der Waals surface area contributed by atoms with Gasteiger partial charge in [-0.15, -0.1) is 0 Å². The molecule has 5 nitrogen and oxygen atoms in total. The summed E-state index contributed by atoms with van der Waals surface area (Å²) >= 11 is 6.61. The lowest BCUT2D eigenvalue weighted by Crippen LogP contribution is -2.48. The van der Waals surface area contributed by atoms with Crippen molar-refractivity contribution in [2.24, 2.45) is 0 Å². The lowest BCUT2D eigenvalue weighted by atomic mass is 10.3. The Morgan fingerprint density at radius 2 is 2.27 bits per heavy atom. The molecule has 0 amide bonds. The number of halogens is 1. The summed E-state index contributed by atoms with van der Waals surface area (Å²) in [6.45, 7) is 2.46. The van der Waals surface area contributed by atoms with Crippen molar-refractivity contribution in [2.75, 3.05) is 13.2 Å². The van der Waals surface area contributed by atoms with Crippen LogP contribution in [0.15, 0.2) is 4.21 Å². The maximum Gasteiger partial charge on any atom is 0.252 e. The van der Waals surface area contributed by atoms with Crippen molar-refractivity contribution in [2.45, 2.75) is 17.2 Å². The second-order valence-corrected chi connectivity index (χ2v) is 6.69. The van der Waals surface area contributed by atoms with E-state index >= 15 is 0 Å². The van der Waals surface area contributed by atoms with Gasteiger partial charge in [0.2, 0.25) is 0 Å². The van der Waals surface area contributed by atoms with E-state index in [4.69, 9.17) is 16.3 Å². The van der Waals surface area contributed by atoms with Crippen LogP contribution in [0, 0.1) is 6.92 Å². The fourth-order valence-electron chi connectivity index (χ4n) is 1.18. The fourth-order valence-corrected chi connectivity index (χ4v) is 4.14. The Balaban J connectivity index is 2.24. The van der Waals surface area contributed by atoms with Crippen molar-refractivity contribution >= 4 is 33.0 Å². The molecule has 2 heterocycles. The lowest BCUT2D eigenvalue weighted by Gasteiger charge is -2.26. The predicted octanol–water partition coefficient (Wildman–Crippen LogP) is 0.782. The zero-order valence-corrected chi connectivity index (χ0v) is 10.2. The van der Waals surface area contributed by atoms with E-state index in [0.717, 1.165) is 11.3 Å². The summed E-state index contributed by atoms with van der Waals surface area (Å²) in [4.78, 5) is 3.86. The molecule has 1 aromatic heterocycles. The first-order valence-corrected chi connectivity index (χ1v) is 6.90. The van der Waals surface area contributed by atoms with Gasteiger partial charge in [0.15, 0.2) is 8.68 Å². The molecule has 0 saturated carbocycles. The second kappa shape index (κ2) is 3.99. The van der Waals surface area contributed by atoms with E-state index in [1.807, 2.05) is 0 Å². The van der Waals surface area contributed by atoms with Gasteiger partial charge in [-0.25, -0.2) is 18.1 Å². The van der Waals surface area contributed by atoms with Crippen LogP contribution in [0.5, 0.6) is 0 Å². The smallest absolute Gasteiger partial charge is 0.252 e. The van der Waals surface area contributed by atoms with E-state index in [9.17, 15) is 8.42 Å². The van der Waals surface area contributed by atoms with Gasteiger partial charge >= 0.3 is 0 Å². The second-order valence-electron chi connectivity index (χ2n) is 3.20. The Kier molecular flexibility index (Phi) is 3.00. The average Bonchev–Trinajstić information content (AvgIpc) is 2.39. The van der Waals surface area contributed by atoms with Gasteiger partial charge in [0.1, 0.15) is 0 Å². The number of rotatable bonds is 3. The van der Waals surface area contributed by atoms with Gasteiger partial charge in [-0.2, -0.15) is 0 Å². The average molecular weight is 269 g/mol. The van der Waals surface area contributed by atoms with Crippen LogP contribution in [0.3, 0.4) is 0 Å². The zero-order valence-electron chi connectivity index (χ0n) is 7.86. The highest BCUT2D eigenvalue weighted by atomic mass is 35.5. The number of ether oxygens (including phenoxy) is 1. The number of aryl methyl sites for hydroxylation is 1. The summed E-state index contributed by atoms with van der Waals surface area (Å²) in [5.74, 6) is 0. The minimum atomic E-state index is -3.49. The Labute approximate surface area is 96.5 Å². The minimum absolute atomic E-state index is 0.129. The maximum atomic E-state index is 11.8. The Morgan fingerprint density at radius 3 is 2.67 bits per heavy atom. The summed E-state index contributed by atoms with van der Waals surface area (Å²) in [6, 6.07) is -0.129. The molecule has 2 rings (SSSR count). The molecule has 1 saturated heterocycles. The van der Waals surface area contributed by atoms with Crippen LogP contribution < -0.4 is 4.72 Å². The van der Waals surface area contributed by atoms with Crippen molar-refractivity contribution < 1.29 is 13.2 Å². The Bertz CT molecular complexity index is 467. The van der Waals surface area contributed by atoms with Crippen LogP contribution >= 0.6 is 22.9 Å². The molecule has 1 aliphatic heterocycles. The molecule has 1 aromatic rings. The van der Waals surface area contributed by atoms with Crippen LogP contribution in [0.1, 0.15) is 5.69 Å². The Hall–Kier alpha value is -0.210. The van der Waals surface area contributed by atoms with Gasteiger partial charge in [0.25, 0.3) is 10.0 Å². The van der Waals surface area contributed by atoms with Crippen LogP contribution in [-0.2, 0) is 14.8 Å². The maximum absolute atomic E-state index is 11.8. The van der Waals surface area contributed by atoms with Gasteiger partial charge in [0, 0.05) is 0 Å². The largest absolute Gasteiger partial charge is 0.378 e. The predicted molar refractivity (Wildman–Crippen MR) is 56.8 cm³/mol. The molecule has 1 fully saturated rings. The zero-order chi connectivity index (χ0) is 11.1. The third kappa shape index (κ3) is 2.31. The molecule has 1 aliphatic rings. The molecule has 0 unspecified atom stereocenters. The van der Waals surface area contributed by atoms with Crippen molar-refractivity contribution in [3.63, 3.8) is 0 Å². The summed E-state index contributed by atoms with van der Waals surface area (Å²) in [7, 11) is -3.49. The standard InChI is InChI=1S/C7H9ClN2O3S2/c1-4-6(14-7(8)9-4)15(11,12)10-5-2-13-3-5/h5,10H,2-3H2,1H3. The molecule has 0 radical (unpaired) electrons. The fraction of sp³-hybridized carbons (Fsp3) is 0.571. The summed E-state index contributed by atoms with van der Waals surface area (Å²) < 4.78 is 31.5. The van der Waals surface area contributed by atoms with E-state index in [2.05, 4.69) is 9.71 Å². The highest BCUT2D eigenvalue weighted by Gasteiger charge is 2.28.